The third-order valence-electron chi connectivity index (χ3n) is 2.23. The Morgan fingerprint density at radius 2 is 2.22 bits per heavy atom. The number of thioether (sulfide) groups is 1. The molecule has 0 spiro atoms. The van der Waals surface area contributed by atoms with Crippen LogP contribution in [0.1, 0.15) is 13.8 Å². The molecule has 0 radical (unpaired) electrons. The molecule has 0 amide bonds. The van der Waals surface area contributed by atoms with Crippen molar-refractivity contribution in [3.63, 3.8) is 0 Å². The lowest BCUT2D eigenvalue weighted by molar-refractivity contribution is -0.142. The molecule has 0 bridgehead atoms. The van der Waals surface area contributed by atoms with Crippen LogP contribution in [-0.4, -0.2) is 30.9 Å². The predicted octanol–water partition coefficient (Wildman–Crippen LogP) is 2.97. The van der Waals surface area contributed by atoms with Crippen molar-refractivity contribution in [2.75, 3.05) is 12.9 Å². The van der Waals surface area contributed by atoms with E-state index < -0.39 is 0 Å². The van der Waals surface area contributed by atoms with E-state index in [2.05, 4.69) is 5.32 Å². The van der Waals surface area contributed by atoms with Crippen LogP contribution >= 0.6 is 23.4 Å². The van der Waals surface area contributed by atoms with E-state index in [4.69, 9.17) is 16.3 Å². The molecule has 18 heavy (non-hydrogen) atoms. The van der Waals surface area contributed by atoms with Crippen molar-refractivity contribution in [3.05, 3.63) is 29.3 Å². The summed E-state index contributed by atoms with van der Waals surface area (Å²) in [6.45, 7) is 4.00. The van der Waals surface area contributed by atoms with Crippen LogP contribution < -0.4 is 5.32 Å². The summed E-state index contributed by atoms with van der Waals surface area (Å²) in [5.74, 6) is 0.379. The highest BCUT2D eigenvalue weighted by atomic mass is 35.5. The van der Waals surface area contributed by atoms with Gasteiger partial charge in [-0.15, -0.1) is 11.8 Å². The van der Waals surface area contributed by atoms with Gasteiger partial charge in [0.15, 0.2) is 0 Å². The first-order valence-electron chi connectivity index (χ1n) is 5.75. The first-order chi connectivity index (χ1) is 8.52. The molecule has 5 heteroatoms. The van der Waals surface area contributed by atoms with Crippen molar-refractivity contribution in [3.8, 4) is 0 Å². The third kappa shape index (κ3) is 5.29. The average molecular weight is 288 g/mol. The Balaban J connectivity index is 2.58. The van der Waals surface area contributed by atoms with Crippen molar-refractivity contribution >= 4 is 29.3 Å². The number of methoxy groups -OCH3 is 1. The van der Waals surface area contributed by atoms with Gasteiger partial charge in [0.25, 0.3) is 0 Å². The zero-order chi connectivity index (χ0) is 13.5. The fourth-order valence-electron chi connectivity index (χ4n) is 1.47. The number of carbonyl (C=O) groups excluding carboxylic acids is 1. The lowest BCUT2D eigenvalue weighted by Crippen LogP contribution is -2.43. The quantitative estimate of drug-likeness (QED) is 0.645. The number of hydrogen-bond donors (Lipinski definition) is 1. The zero-order valence-corrected chi connectivity index (χ0v) is 12.3. The molecule has 1 unspecified atom stereocenters. The molecule has 1 aromatic rings. The molecule has 0 saturated carbocycles. The van der Waals surface area contributed by atoms with Gasteiger partial charge < -0.3 is 10.1 Å². The van der Waals surface area contributed by atoms with E-state index in [1.807, 2.05) is 38.1 Å². The molecule has 0 aliphatic rings. The highest BCUT2D eigenvalue weighted by Gasteiger charge is 2.19. The number of hydrogen-bond acceptors (Lipinski definition) is 4. The van der Waals surface area contributed by atoms with Gasteiger partial charge in [0.1, 0.15) is 6.04 Å². The van der Waals surface area contributed by atoms with E-state index in [1.54, 1.807) is 11.8 Å². The Bertz CT molecular complexity index is 398. The van der Waals surface area contributed by atoms with Crippen molar-refractivity contribution in [2.45, 2.75) is 30.8 Å². The van der Waals surface area contributed by atoms with E-state index in [9.17, 15) is 4.79 Å². The number of benzene rings is 1. The molecule has 1 aromatic carbocycles. The molecular formula is C13H18ClNO2S. The van der Waals surface area contributed by atoms with Gasteiger partial charge in [-0.05, 0) is 18.2 Å². The monoisotopic (exact) mass is 287 g/mol. The minimum Gasteiger partial charge on any atom is -0.468 e. The van der Waals surface area contributed by atoms with Crippen molar-refractivity contribution < 1.29 is 9.53 Å². The van der Waals surface area contributed by atoms with E-state index in [0.717, 1.165) is 4.90 Å². The van der Waals surface area contributed by atoms with E-state index in [1.165, 1.54) is 7.11 Å². The maximum atomic E-state index is 11.6. The predicted molar refractivity (Wildman–Crippen MR) is 76.3 cm³/mol. The molecule has 0 saturated heterocycles. The standard InChI is InChI=1S/C13H18ClNO2S/c1-9(2)15-12(13(16)17-3)8-18-11-6-4-5-10(14)7-11/h4-7,9,12,15H,8H2,1-3H3. The number of rotatable bonds is 6. The molecule has 100 valence electrons. The maximum absolute atomic E-state index is 11.6. The number of halogens is 1. The Morgan fingerprint density at radius 3 is 2.78 bits per heavy atom. The number of nitrogens with one attached hydrogen (secondary N) is 1. The first-order valence-corrected chi connectivity index (χ1v) is 7.11. The average Bonchev–Trinajstić information content (AvgIpc) is 2.33. The Kier molecular flexibility index (Phi) is 6.54. The summed E-state index contributed by atoms with van der Waals surface area (Å²) in [7, 11) is 1.40. The topological polar surface area (TPSA) is 38.3 Å². The molecular weight excluding hydrogens is 270 g/mol. The van der Waals surface area contributed by atoms with E-state index >= 15 is 0 Å². The van der Waals surface area contributed by atoms with Gasteiger partial charge in [0.05, 0.1) is 7.11 Å². The molecule has 0 aromatic heterocycles. The van der Waals surface area contributed by atoms with E-state index in [-0.39, 0.29) is 18.1 Å². The molecule has 0 aliphatic carbocycles. The summed E-state index contributed by atoms with van der Waals surface area (Å²) < 4.78 is 4.78. The molecule has 1 N–H and O–H groups in total. The molecule has 3 nitrogen and oxygen atoms in total. The normalized spacial score (nSPS) is 12.5. The SMILES string of the molecule is COC(=O)C(CSc1cccc(Cl)c1)NC(C)C. The molecule has 1 atom stereocenters. The van der Waals surface area contributed by atoms with Crippen LogP contribution in [-0.2, 0) is 9.53 Å². The fraction of sp³-hybridized carbons (Fsp3) is 0.462. The van der Waals surface area contributed by atoms with Gasteiger partial charge in [-0.25, -0.2) is 0 Å². The molecule has 0 heterocycles. The Morgan fingerprint density at radius 1 is 1.50 bits per heavy atom. The number of esters is 1. The second-order valence-corrected chi connectivity index (χ2v) is 5.70. The first kappa shape index (κ1) is 15.3. The summed E-state index contributed by atoms with van der Waals surface area (Å²) in [4.78, 5) is 12.7. The van der Waals surface area contributed by atoms with Gasteiger partial charge in [-0.2, -0.15) is 0 Å². The van der Waals surface area contributed by atoms with Gasteiger partial charge in [-0.1, -0.05) is 31.5 Å². The van der Waals surface area contributed by atoms with Gasteiger partial charge in [0.2, 0.25) is 0 Å². The van der Waals surface area contributed by atoms with Gasteiger partial charge in [0, 0.05) is 21.7 Å². The Labute approximate surface area is 117 Å². The zero-order valence-electron chi connectivity index (χ0n) is 10.8. The largest absolute Gasteiger partial charge is 0.468 e. The van der Waals surface area contributed by atoms with Crippen LogP contribution in [0, 0.1) is 0 Å². The second kappa shape index (κ2) is 7.67. The van der Waals surface area contributed by atoms with Crippen LogP contribution in [0.3, 0.4) is 0 Å². The van der Waals surface area contributed by atoms with Crippen LogP contribution in [0.2, 0.25) is 5.02 Å². The lowest BCUT2D eigenvalue weighted by Gasteiger charge is -2.18. The van der Waals surface area contributed by atoms with Crippen molar-refractivity contribution in [1.82, 2.24) is 5.32 Å². The van der Waals surface area contributed by atoms with Crippen molar-refractivity contribution in [1.29, 1.82) is 0 Å². The lowest BCUT2D eigenvalue weighted by atomic mass is 10.3. The summed E-state index contributed by atoms with van der Waals surface area (Å²) in [5.41, 5.74) is 0. The van der Waals surface area contributed by atoms with Crippen molar-refractivity contribution in [2.24, 2.45) is 0 Å². The highest BCUT2D eigenvalue weighted by molar-refractivity contribution is 7.99. The maximum Gasteiger partial charge on any atom is 0.323 e. The molecule has 0 aliphatic heterocycles. The summed E-state index contributed by atoms with van der Waals surface area (Å²) >= 11 is 7.49. The molecule has 0 fully saturated rings. The van der Waals surface area contributed by atoms with Gasteiger partial charge >= 0.3 is 5.97 Å². The fourth-order valence-corrected chi connectivity index (χ4v) is 2.70. The smallest absolute Gasteiger partial charge is 0.323 e. The van der Waals surface area contributed by atoms with E-state index in [0.29, 0.717) is 10.8 Å². The minimum atomic E-state index is -0.306. The van der Waals surface area contributed by atoms with Gasteiger partial charge in [-0.3, -0.25) is 4.79 Å². The highest BCUT2D eigenvalue weighted by Crippen LogP contribution is 2.22. The minimum absolute atomic E-state index is 0.231. The van der Waals surface area contributed by atoms with Crippen LogP contribution in [0.4, 0.5) is 0 Å². The number of ether oxygens (including phenoxy) is 1. The second-order valence-electron chi connectivity index (χ2n) is 4.17. The molecule has 1 rings (SSSR count). The number of carbonyl (C=O) groups is 1. The third-order valence-corrected chi connectivity index (χ3v) is 3.56. The summed E-state index contributed by atoms with van der Waals surface area (Å²) in [6.07, 6.45) is 0. The summed E-state index contributed by atoms with van der Waals surface area (Å²) in [5, 5.41) is 3.89. The van der Waals surface area contributed by atoms with Crippen LogP contribution in [0.25, 0.3) is 0 Å². The summed E-state index contributed by atoms with van der Waals surface area (Å²) in [6, 6.07) is 7.51. The Hall–Kier alpha value is -0.710. The van der Waals surface area contributed by atoms with Crippen LogP contribution in [0.15, 0.2) is 29.2 Å². The van der Waals surface area contributed by atoms with Crippen LogP contribution in [0.5, 0.6) is 0 Å².